The van der Waals surface area contributed by atoms with Crippen molar-refractivity contribution < 1.29 is 28.4 Å². The molecule has 0 aromatic carbocycles. The Kier molecular flexibility index (Phi) is 7.02. The normalized spacial score (nSPS) is 10.7. The summed E-state index contributed by atoms with van der Waals surface area (Å²) in [5.74, 6) is 4.11. The number of ether oxygens (including phenoxy) is 6. The predicted molar refractivity (Wildman–Crippen MR) is 138 cm³/mol. The second-order valence-electron chi connectivity index (χ2n) is 6.69. The van der Waals surface area contributed by atoms with Gasteiger partial charge in [-0.15, -0.1) is 34.0 Å². The van der Waals surface area contributed by atoms with Gasteiger partial charge in [-0.1, -0.05) is 0 Å². The van der Waals surface area contributed by atoms with Gasteiger partial charge in [0.25, 0.3) is 0 Å². The highest BCUT2D eigenvalue weighted by atomic mass is 32.1. The fourth-order valence-electron chi connectivity index (χ4n) is 3.58. The van der Waals surface area contributed by atoms with Gasteiger partial charge < -0.3 is 28.4 Å². The first-order chi connectivity index (χ1) is 16.1. The van der Waals surface area contributed by atoms with Crippen LogP contribution in [0.4, 0.5) is 0 Å². The Hall–Kier alpha value is -2.88. The topological polar surface area (TPSA) is 55.4 Å². The number of thiophene rings is 3. The van der Waals surface area contributed by atoms with E-state index in [2.05, 4.69) is 0 Å². The molecule has 0 saturated carbocycles. The molecule has 4 heterocycles. The van der Waals surface area contributed by atoms with Gasteiger partial charge in [-0.3, -0.25) is 0 Å². The van der Waals surface area contributed by atoms with Gasteiger partial charge in [-0.05, 0) is 36.4 Å². The average Bonchev–Trinajstić information content (AvgIpc) is 3.47. The Bertz CT molecular complexity index is 1130. The number of methoxy groups -OCH3 is 6. The molecule has 33 heavy (non-hydrogen) atoms. The molecule has 0 aliphatic carbocycles. The van der Waals surface area contributed by atoms with E-state index in [9.17, 15) is 0 Å². The maximum absolute atomic E-state index is 5.69. The van der Waals surface area contributed by atoms with Crippen LogP contribution in [0.3, 0.4) is 0 Å². The van der Waals surface area contributed by atoms with Gasteiger partial charge in [0.05, 0.1) is 70.9 Å². The van der Waals surface area contributed by atoms with E-state index in [0.717, 1.165) is 28.2 Å². The lowest BCUT2D eigenvalue weighted by molar-refractivity contribution is 0.363. The van der Waals surface area contributed by atoms with E-state index in [-0.39, 0.29) is 0 Å². The molecule has 0 fully saturated rings. The second-order valence-corrected chi connectivity index (χ2v) is 9.94. The van der Waals surface area contributed by atoms with Gasteiger partial charge in [0.15, 0.2) is 34.5 Å². The summed E-state index contributed by atoms with van der Waals surface area (Å²) in [4.78, 5) is 0. The zero-order valence-electron chi connectivity index (χ0n) is 19.1. The van der Waals surface area contributed by atoms with Gasteiger partial charge >= 0.3 is 0 Å². The number of hydrogen-bond donors (Lipinski definition) is 0. The third-order valence-corrected chi connectivity index (χ3v) is 8.25. The number of rotatable bonds is 6. The molecule has 0 spiro atoms. The van der Waals surface area contributed by atoms with Crippen LogP contribution in [-0.4, -0.2) is 42.7 Å². The zero-order chi connectivity index (χ0) is 23.5. The average molecular weight is 505 g/mol. The van der Waals surface area contributed by atoms with Crippen molar-refractivity contribution in [2.24, 2.45) is 0 Å². The fraction of sp³-hybridized carbons (Fsp3) is 0.250. The Labute approximate surface area is 203 Å². The molecule has 0 radical (unpaired) electrons. The van der Waals surface area contributed by atoms with E-state index in [1.54, 1.807) is 76.7 Å². The smallest absolute Gasteiger partial charge is 0.179 e. The van der Waals surface area contributed by atoms with Crippen molar-refractivity contribution in [1.29, 1.82) is 0 Å². The Morgan fingerprint density at radius 2 is 0.485 bits per heavy atom. The van der Waals surface area contributed by atoms with Crippen LogP contribution in [0.15, 0.2) is 36.4 Å². The summed E-state index contributed by atoms with van der Waals surface area (Å²) in [5.41, 5.74) is 0. The monoisotopic (exact) mass is 504 g/mol. The van der Waals surface area contributed by atoms with Crippen molar-refractivity contribution >= 4 is 62.2 Å². The van der Waals surface area contributed by atoms with Crippen LogP contribution in [0.25, 0.3) is 28.2 Å². The van der Waals surface area contributed by atoms with Crippen molar-refractivity contribution in [1.82, 2.24) is 0 Å². The summed E-state index contributed by atoms with van der Waals surface area (Å²) >= 11 is 4.73. The van der Waals surface area contributed by atoms with E-state index in [1.807, 2.05) is 36.4 Å². The van der Waals surface area contributed by atoms with Gasteiger partial charge in [-0.2, -0.15) is 0 Å². The molecule has 9 heteroatoms. The first kappa shape index (κ1) is 23.3. The van der Waals surface area contributed by atoms with Gasteiger partial charge in [0.2, 0.25) is 0 Å². The molecule has 0 aliphatic rings. The largest absolute Gasteiger partial charge is 0.491 e. The zero-order valence-corrected chi connectivity index (χ0v) is 21.6. The number of fused-ring (bicyclic) bond motifs is 6. The lowest BCUT2D eigenvalue weighted by Crippen LogP contribution is -1.87. The fourth-order valence-corrected chi connectivity index (χ4v) is 6.72. The summed E-state index contributed by atoms with van der Waals surface area (Å²) in [6.07, 6.45) is 0. The van der Waals surface area contributed by atoms with Crippen LogP contribution in [0, 0.1) is 0 Å². The summed E-state index contributed by atoms with van der Waals surface area (Å²) in [7, 11) is 9.86. The summed E-state index contributed by atoms with van der Waals surface area (Å²) in [5, 5.41) is 0. The highest BCUT2D eigenvalue weighted by molar-refractivity contribution is 7.25. The highest BCUT2D eigenvalue weighted by Crippen LogP contribution is 2.47. The molecule has 4 aromatic rings. The SMILES string of the molecule is COc1c(OC)c2ccc3sc(ccc4sc(ccc1s2)c(OC)c4OC)c(OC)c3OC. The van der Waals surface area contributed by atoms with Gasteiger partial charge in [0.1, 0.15) is 0 Å². The lowest BCUT2D eigenvalue weighted by Gasteiger charge is -2.02. The van der Waals surface area contributed by atoms with Crippen molar-refractivity contribution in [3.8, 4) is 34.5 Å². The van der Waals surface area contributed by atoms with Crippen LogP contribution < -0.4 is 28.4 Å². The van der Waals surface area contributed by atoms with Crippen LogP contribution in [0.1, 0.15) is 0 Å². The molecule has 0 N–H and O–H groups in total. The number of hydrogen-bond acceptors (Lipinski definition) is 9. The molecule has 6 bridgehead atoms. The second kappa shape index (κ2) is 9.94. The standard InChI is InChI=1S/C24H24O6S3/c1-25-19-13-7-8-15-21(27-3)23(29-5)17(32-15)11-12-18-24(30-6)22(28-4)16(33-18)10-9-14(31-13)20(19)26-2/h7-12H,1-6H3. The third kappa shape index (κ3) is 4.12. The van der Waals surface area contributed by atoms with E-state index in [4.69, 9.17) is 28.4 Å². The maximum atomic E-state index is 5.69. The molecular formula is C24H24O6S3. The highest BCUT2D eigenvalue weighted by Gasteiger charge is 2.16. The van der Waals surface area contributed by atoms with Gasteiger partial charge in [0, 0.05) is 0 Å². The maximum Gasteiger partial charge on any atom is 0.179 e. The first-order valence-electron chi connectivity index (χ1n) is 9.88. The van der Waals surface area contributed by atoms with E-state index in [0.29, 0.717) is 34.5 Å². The van der Waals surface area contributed by atoms with Crippen LogP contribution in [0.2, 0.25) is 0 Å². The molecular weight excluding hydrogens is 480 g/mol. The van der Waals surface area contributed by atoms with Crippen molar-refractivity contribution in [2.45, 2.75) is 0 Å². The minimum atomic E-state index is 0.685. The Morgan fingerprint density at radius 3 is 0.606 bits per heavy atom. The van der Waals surface area contributed by atoms with Crippen molar-refractivity contribution in [3.63, 3.8) is 0 Å². The summed E-state index contributed by atoms with van der Waals surface area (Å²) in [6.45, 7) is 0. The Balaban J connectivity index is 2.22. The Morgan fingerprint density at radius 1 is 0.333 bits per heavy atom. The molecule has 174 valence electrons. The summed E-state index contributed by atoms with van der Waals surface area (Å²) in [6, 6.07) is 12.1. The third-order valence-electron chi connectivity index (χ3n) is 5.00. The van der Waals surface area contributed by atoms with Gasteiger partial charge in [-0.25, -0.2) is 0 Å². The van der Waals surface area contributed by atoms with E-state index < -0.39 is 0 Å². The first-order valence-corrected chi connectivity index (χ1v) is 12.3. The van der Waals surface area contributed by atoms with Crippen molar-refractivity contribution in [2.75, 3.05) is 42.7 Å². The molecule has 4 rings (SSSR count). The van der Waals surface area contributed by atoms with E-state index in [1.165, 1.54) is 0 Å². The molecule has 0 saturated heterocycles. The summed E-state index contributed by atoms with van der Waals surface area (Å²) < 4.78 is 39.7. The lowest BCUT2D eigenvalue weighted by atomic mass is 10.3. The van der Waals surface area contributed by atoms with Crippen molar-refractivity contribution in [3.05, 3.63) is 36.4 Å². The minimum Gasteiger partial charge on any atom is -0.491 e. The molecule has 0 unspecified atom stereocenters. The quantitative estimate of drug-likeness (QED) is 0.280. The van der Waals surface area contributed by atoms with Crippen LogP contribution in [-0.2, 0) is 0 Å². The molecule has 0 atom stereocenters. The minimum absolute atomic E-state index is 0.685. The van der Waals surface area contributed by atoms with Crippen LogP contribution >= 0.6 is 34.0 Å². The van der Waals surface area contributed by atoms with Crippen LogP contribution in [0.5, 0.6) is 34.5 Å². The molecule has 0 amide bonds. The predicted octanol–water partition coefficient (Wildman–Crippen LogP) is 7.07. The van der Waals surface area contributed by atoms with E-state index >= 15 is 0 Å². The molecule has 0 aliphatic heterocycles. The molecule has 6 nitrogen and oxygen atoms in total. The molecule has 4 aromatic heterocycles.